The first kappa shape index (κ1) is 23.0. The molecule has 0 spiro atoms. The lowest BCUT2D eigenvalue weighted by atomic mass is 9.98. The molecule has 1 atom stereocenters. The second-order valence-electron chi connectivity index (χ2n) is 7.75. The van der Waals surface area contributed by atoms with E-state index in [0.717, 1.165) is 11.1 Å². The van der Waals surface area contributed by atoms with Crippen LogP contribution in [0.15, 0.2) is 47.4 Å². The number of amides is 1. The van der Waals surface area contributed by atoms with E-state index in [9.17, 15) is 18.0 Å². The zero-order valence-electron chi connectivity index (χ0n) is 18.1. The van der Waals surface area contributed by atoms with Crippen LogP contribution in [0.25, 0.3) is 0 Å². The molecule has 1 aliphatic rings. The molecule has 166 valence electrons. The Bertz CT molecular complexity index is 1060. The molecule has 1 saturated heterocycles. The average Bonchev–Trinajstić information content (AvgIpc) is 2.75. The Labute approximate surface area is 183 Å². The summed E-state index contributed by atoms with van der Waals surface area (Å²) in [5.74, 6) is -1.08. The minimum absolute atomic E-state index is 0.141. The van der Waals surface area contributed by atoms with E-state index in [0.29, 0.717) is 37.2 Å². The van der Waals surface area contributed by atoms with Gasteiger partial charge >= 0.3 is 5.97 Å². The first-order valence-corrected chi connectivity index (χ1v) is 11.8. The fraction of sp³-hybridized carbons (Fsp3) is 0.391. The van der Waals surface area contributed by atoms with Gasteiger partial charge in [-0.15, -0.1) is 0 Å². The van der Waals surface area contributed by atoms with Crippen molar-refractivity contribution in [2.24, 2.45) is 5.92 Å². The summed E-state index contributed by atoms with van der Waals surface area (Å²) in [6, 6.07) is 11.7. The first-order valence-electron chi connectivity index (χ1n) is 10.4. The maximum absolute atomic E-state index is 13.0. The van der Waals surface area contributed by atoms with E-state index >= 15 is 0 Å². The molecule has 31 heavy (non-hydrogen) atoms. The number of benzene rings is 2. The minimum atomic E-state index is -3.64. The molecular formula is C23H28N2O5S. The monoisotopic (exact) mass is 444 g/mol. The molecule has 1 fully saturated rings. The number of nitrogens with one attached hydrogen (secondary N) is 1. The van der Waals surface area contributed by atoms with Crippen molar-refractivity contribution in [2.75, 3.05) is 25.0 Å². The highest BCUT2D eigenvalue weighted by molar-refractivity contribution is 7.89. The molecule has 2 aromatic carbocycles. The SMILES string of the molecule is CCOC(=O)c1ccc(NC(=O)[C@H]2CCCN(S(=O)(=O)c3ccc(C)cc3)C2)c(C)c1. The van der Waals surface area contributed by atoms with Crippen molar-refractivity contribution in [1.29, 1.82) is 0 Å². The maximum atomic E-state index is 13.0. The molecule has 0 unspecified atom stereocenters. The van der Waals surface area contributed by atoms with Crippen molar-refractivity contribution < 1.29 is 22.7 Å². The van der Waals surface area contributed by atoms with Crippen LogP contribution in [0.3, 0.4) is 0 Å². The minimum Gasteiger partial charge on any atom is -0.462 e. The predicted molar refractivity (Wildman–Crippen MR) is 118 cm³/mol. The summed E-state index contributed by atoms with van der Waals surface area (Å²) >= 11 is 0. The number of piperidine rings is 1. The van der Waals surface area contributed by atoms with Gasteiger partial charge in [-0.2, -0.15) is 4.31 Å². The van der Waals surface area contributed by atoms with E-state index in [4.69, 9.17) is 4.74 Å². The van der Waals surface area contributed by atoms with Gasteiger partial charge in [-0.1, -0.05) is 17.7 Å². The van der Waals surface area contributed by atoms with Crippen molar-refractivity contribution in [3.63, 3.8) is 0 Å². The summed E-state index contributed by atoms with van der Waals surface area (Å²) in [7, 11) is -3.64. The van der Waals surface area contributed by atoms with E-state index in [1.807, 2.05) is 6.92 Å². The molecule has 0 saturated carbocycles. The Kier molecular flexibility index (Phi) is 7.12. The summed E-state index contributed by atoms with van der Waals surface area (Å²) in [5.41, 5.74) is 2.74. The van der Waals surface area contributed by atoms with Crippen molar-refractivity contribution >= 4 is 27.6 Å². The van der Waals surface area contributed by atoms with Gasteiger partial charge in [0.15, 0.2) is 0 Å². The fourth-order valence-electron chi connectivity index (χ4n) is 3.61. The number of carbonyl (C=O) groups excluding carboxylic acids is 2. The molecule has 0 aliphatic carbocycles. The van der Waals surface area contributed by atoms with Gasteiger partial charge in [-0.05, 0) is 69.5 Å². The van der Waals surface area contributed by atoms with E-state index in [1.165, 1.54) is 4.31 Å². The largest absolute Gasteiger partial charge is 0.462 e. The van der Waals surface area contributed by atoms with Gasteiger partial charge in [0.2, 0.25) is 15.9 Å². The highest BCUT2D eigenvalue weighted by Gasteiger charge is 2.33. The first-order chi connectivity index (χ1) is 14.7. The molecule has 2 aromatic rings. The van der Waals surface area contributed by atoms with Gasteiger partial charge in [-0.3, -0.25) is 4.79 Å². The second kappa shape index (κ2) is 9.62. The number of aryl methyl sites for hydroxylation is 2. The number of rotatable bonds is 6. The quantitative estimate of drug-likeness (QED) is 0.688. The molecule has 0 aromatic heterocycles. The molecule has 8 heteroatoms. The van der Waals surface area contributed by atoms with Crippen LogP contribution in [-0.4, -0.2) is 44.3 Å². The van der Waals surface area contributed by atoms with Crippen LogP contribution in [0, 0.1) is 19.8 Å². The zero-order valence-corrected chi connectivity index (χ0v) is 18.9. The molecule has 0 bridgehead atoms. The standard InChI is InChI=1S/C23H28N2O5S/c1-4-30-23(27)18-9-12-21(17(3)14-18)24-22(26)19-6-5-13-25(15-19)31(28,29)20-10-7-16(2)8-11-20/h7-12,14,19H,4-6,13,15H2,1-3H3,(H,24,26)/t19-/m0/s1. The third-order valence-electron chi connectivity index (χ3n) is 5.41. The molecule has 1 heterocycles. The molecule has 1 aliphatic heterocycles. The van der Waals surface area contributed by atoms with Crippen LogP contribution in [-0.2, 0) is 19.6 Å². The Morgan fingerprint density at radius 2 is 1.84 bits per heavy atom. The van der Waals surface area contributed by atoms with E-state index in [1.54, 1.807) is 56.3 Å². The van der Waals surface area contributed by atoms with Crippen LogP contribution in [0.2, 0.25) is 0 Å². The Balaban J connectivity index is 1.70. The van der Waals surface area contributed by atoms with Crippen LogP contribution in [0.5, 0.6) is 0 Å². The maximum Gasteiger partial charge on any atom is 0.338 e. The number of hydrogen-bond donors (Lipinski definition) is 1. The highest BCUT2D eigenvalue weighted by Crippen LogP contribution is 2.26. The van der Waals surface area contributed by atoms with Gasteiger partial charge in [0.05, 0.1) is 23.0 Å². The Hall–Kier alpha value is -2.71. The Morgan fingerprint density at radius 3 is 2.48 bits per heavy atom. The van der Waals surface area contributed by atoms with Crippen LogP contribution in [0.4, 0.5) is 5.69 Å². The van der Waals surface area contributed by atoms with E-state index in [-0.39, 0.29) is 17.3 Å². The van der Waals surface area contributed by atoms with Gasteiger partial charge in [-0.25, -0.2) is 13.2 Å². The molecule has 1 N–H and O–H groups in total. The van der Waals surface area contributed by atoms with E-state index < -0.39 is 21.9 Å². The molecule has 3 rings (SSSR count). The topological polar surface area (TPSA) is 92.8 Å². The summed E-state index contributed by atoms with van der Waals surface area (Å²) in [6.07, 6.45) is 1.23. The fourth-order valence-corrected chi connectivity index (χ4v) is 5.14. The van der Waals surface area contributed by atoms with Crippen LogP contribution >= 0.6 is 0 Å². The van der Waals surface area contributed by atoms with Crippen molar-refractivity contribution in [3.8, 4) is 0 Å². The van der Waals surface area contributed by atoms with Gasteiger partial charge in [0, 0.05) is 18.8 Å². The van der Waals surface area contributed by atoms with Crippen molar-refractivity contribution in [3.05, 3.63) is 59.2 Å². The lowest BCUT2D eigenvalue weighted by Crippen LogP contribution is -2.43. The van der Waals surface area contributed by atoms with Gasteiger partial charge < -0.3 is 10.1 Å². The number of ether oxygens (including phenoxy) is 1. The van der Waals surface area contributed by atoms with Gasteiger partial charge in [0.1, 0.15) is 0 Å². The summed E-state index contributed by atoms with van der Waals surface area (Å²) in [4.78, 5) is 25.0. The van der Waals surface area contributed by atoms with Crippen LogP contribution < -0.4 is 5.32 Å². The number of esters is 1. The summed E-state index contributed by atoms with van der Waals surface area (Å²) in [6.45, 7) is 6.27. The lowest BCUT2D eigenvalue weighted by Gasteiger charge is -2.31. The molecule has 0 radical (unpaired) electrons. The molecular weight excluding hydrogens is 416 g/mol. The number of anilines is 1. The smallest absolute Gasteiger partial charge is 0.338 e. The Morgan fingerprint density at radius 1 is 1.13 bits per heavy atom. The average molecular weight is 445 g/mol. The van der Waals surface area contributed by atoms with Gasteiger partial charge in [0.25, 0.3) is 0 Å². The highest BCUT2D eigenvalue weighted by atomic mass is 32.2. The summed E-state index contributed by atoms with van der Waals surface area (Å²) in [5, 5.41) is 2.88. The third kappa shape index (κ3) is 5.32. The normalized spacial score (nSPS) is 17.2. The number of nitrogens with zero attached hydrogens (tertiary/aromatic N) is 1. The lowest BCUT2D eigenvalue weighted by molar-refractivity contribution is -0.120. The van der Waals surface area contributed by atoms with E-state index in [2.05, 4.69) is 5.32 Å². The number of carbonyl (C=O) groups is 2. The summed E-state index contributed by atoms with van der Waals surface area (Å²) < 4.78 is 32.4. The third-order valence-corrected chi connectivity index (χ3v) is 7.29. The van der Waals surface area contributed by atoms with Crippen molar-refractivity contribution in [2.45, 2.75) is 38.5 Å². The predicted octanol–water partition coefficient (Wildman–Crippen LogP) is 3.52. The van der Waals surface area contributed by atoms with Crippen molar-refractivity contribution in [1.82, 2.24) is 4.31 Å². The molecule has 1 amide bonds. The second-order valence-corrected chi connectivity index (χ2v) is 9.69. The number of hydrogen-bond acceptors (Lipinski definition) is 5. The number of sulfonamides is 1. The zero-order chi connectivity index (χ0) is 22.6. The molecule has 7 nitrogen and oxygen atoms in total. The van der Waals surface area contributed by atoms with Crippen LogP contribution in [0.1, 0.15) is 41.3 Å².